The second-order valence-corrected chi connectivity index (χ2v) is 5.45. The van der Waals surface area contributed by atoms with Crippen molar-refractivity contribution in [2.24, 2.45) is 5.92 Å². The molecule has 0 aliphatic rings. The first-order valence-electron chi connectivity index (χ1n) is 7.78. The van der Waals surface area contributed by atoms with Crippen molar-refractivity contribution >= 4 is 17.6 Å². The van der Waals surface area contributed by atoms with Crippen LogP contribution >= 0.6 is 0 Å². The Hall–Kier alpha value is -2.89. The van der Waals surface area contributed by atoms with E-state index in [4.69, 9.17) is 9.47 Å². The van der Waals surface area contributed by atoms with Crippen LogP contribution in [0.4, 0.5) is 10.1 Å². The monoisotopic (exact) mass is 345 g/mol. The van der Waals surface area contributed by atoms with Crippen molar-refractivity contribution in [2.75, 3.05) is 19.5 Å². The van der Waals surface area contributed by atoms with Gasteiger partial charge in [0, 0.05) is 5.69 Å². The fraction of sp³-hybridized carbons (Fsp3) is 0.263. The van der Waals surface area contributed by atoms with Crippen molar-refractivity contribution in [2.45, 2.75) is 12.5 Å². The Balaban J connectivity index is 2.28. The largest absolute Gasteiger partial charge is 0.468 e. The Morgan fingerprint density at radius 1 is 0.960 bits per heavy atom. The van der Waals surface area contributed by atoms with E-state index in [2.05, 4.69) is 5.32 Å². The van der Waals surface area contributed by atoms with Crippen LogP contribution in [0.25, 0.3) is 0 Å². The number of halogens is 1. The molecular weight excluding hydrogens is 325 g/mol. The number of esters is 2. The topological polar surface area (TPSA) is 64.6 Å². The second kappa shape index (κ2) is 8.82. The highest BCUT2D eigenvalue weighted by atomic mass is 19.1. The quantitative estimate of drug-likeness (QED) is 0.616. The van der Waals surface area contributed by atoms with E-state index in [1.807, 2.05) is 30.3 Å². The Kier molecular flexibility index (Phi) is 6.51. The molecule has 0 aliphatic heterocycles. The normalized spacial score (nSPS) is 11.7. The van der Waals surface area contributed by atoms with E-state index in [0.717, 1.165) is 5.56 Å². The Labute approximate surface area is 145 Å². The molecule has 6 heteroatoms. The zero-order chi connectivity index (χ0) is 18.2. The summed E-state index contributed by atoms with van der Waals surface area (Å²) < 4.78 is 22.6. The molecule has 0 spiro atoms. The first-order chi connectivity index (χ1) is 12.0. The molecule has 0 aromatic heterocycles. The molecule has 0 aliphatic carbocycles. The lowest BCUT2D eigenvalue weighted by Gasteiger charge is -2.23. The van der Waals surface area contributed by atoms with Gasteiger partial charge < -0.3 is 14.8 Å². The Morgan fingerprint density at radius 2 is 1.52 bits per heavy atom. The molecule has 0 bridgehead atoms. The molecule has 0 radical (unpaired) electrons. The number of nitrogens with one attached hydrogen (secondary N) is 1. The number of benzene rings is 2. The van der Waals surface area contributed by atoms with Gasteiger partial charge >= 0.3 is 11.9 Å². The highest BCUT2D eigenvalue weighted by Gasteiger charge is 2.32. The highest BCUT2D eigenvalue weighted by molar-refractivity contribution is 5.94. The second-order valence-electron chi connectivity index (χ2n) is 5.45. The molecule has 1 atom stereocenters. The van der Waals surface area contributed by atoms with E-state index in [-0.39, 0.29) is 18.3 Å². The molecule has 132 valence electrons. The van der Waals surface area contributed by atoms with E-state index in [1.54, 1.807) is 12.1 Å². The van der Waals surface area contributed by atoms with E-state index >= 15 is 0 Å². The molecule has 5 nitrogen and oxygen atoms in total. The van der Waals surface area contributed by atoms with Gasteiger partial charge in [-0.2, -0.15) is 0 Å². The molecule has 25 heavy (non-hydrogen) atoms. The van der Waals surface area contributed by atoms with E-state index in [9.17, 15) is 14.0 Å². The van der Waals surface area contributed by atoms with Crippen molar-refractivity contribution in [3.05, 3.63) is 66.0 Å². The maximum Gasteiger partial charge on any atom is 0.320 e. The lowest BCUT2D eigenvalue weighted by Crippen LogP contribution is -2.30. The van der Waals surface area contributed by atoms with E-state index in [1.165, 1.54) is 26.4 Å². The number of carbonyl (C=O) groups excluding carboxylic acids is 2. The molecular formula is C19H20FNO4. The van der Waals surface area contributed by atoms with Gasteiger partial charge in [0.05, 0.1) is 20.3 Å². The zero-order valence-electron chi connectivity index (χ0n) is 14.1. The van der Waals surface area contributed by atoms with Crippen molar-refractivity contribution in [1.29, 1.82) is 0 Å². The summed E-state index contributed by atoms with van der Waals surface area (Å²) in [4.78, 5) is 24.0. The lowest BCUT2D eigenvalue weighted by molar-refractivity contribution is -0.159. The Morgan fingerprint density at radius 3 is 2.04 bits per heavy atom. The average molecular weight is 345 g/mol. The van der Waals surface area contributed by atoms with Crippen molar-refractivity contribution in [3.63, 3.8) is 0 Å². The van der Waals surface area contributed by atoms with Crippen LogP contribution in [-0.4, -0.2) is 26.2 Å². The molecule has 2 rings (SSSR count). The number of hydrogen-bond acceptors (Lipinski definition) is 5. The van der Waals surface area contributed by atoms with Gasteiger partial charge in [0.1, 0.15) is 5.82 Å². The van der Waals surface area contributed by atoms with Crippen molar-refractivity contribution in [1.82, 2.24) is 0 Å². The van der Waals surface area contributed by atoms with Crippen LogP contribution in [0, 0.1) is 11.7 Å². The third-order valence-corrected chi connectivity index (χ3v) is 3.83. The maximum absolute atomic E-state index is 13.1. The number of rotatable bonds is 7. The first kappa shape index (κ1) is 18.4. The van der Waals surface area contributed by atoms with Crippen molar-refractivity contribution in [3.8, 4) is 0 Å². The molecule has 1 unspecified atom stereocenters. The third kappa shape index (κ3) is 5.04. The van der Waals surface area contributed by atoms with Gasteiger partial charge in [-0.25, -0.2) is 4.39 Å². The Bertz CT molecular complexity index is 687. The molecule has 1 N–H and O–H groups in total. The molecule has 0 heterocycles. The van der Waals surface area contributed by atoms with Gasteiger partial charge in [-0.05, 0) is 36.2 Å². The SMILES string of the molecule is COC(=O)C(CC(Nc1ccc(F)cc1)c1ccccc1)C(=O)OC. The standard InChI is InChI=1S/C19H20FNO4/c1-24-18(22)16(19(23)25-2)12-17(13-6-4-3-5-7-13)21-15-10-8-14(20)9-11-15/h3-11,16-17,21H,12H2,1-2H3. The molecule has 2 aromatic carbocycles. The smallest absolute Gasteiger partial charge is 0.320 e. The van der Waals surface area contributed by atoms with Crippen LogP contribution in [0.5, 0.6) is 0 Å². The number of hydrogen-bond donors (Lipinski definition) is 1. The highest BCUT2D eigenvalue weighted by Crippen LogP contribution is 2.27. The number of carbonyl (C=O) groups is 2. The maximum atomic E-state index is 13.1. The number of methoxy groups -OCH3 is 2. The fourth-order valence-corrected chi connectivity index (χ4v) is 2.52. The van der Waals surface area contributed by atoms with Gasteiger partial charge in [0.2, 0.25) is 0 Å². The zero-order valence-corrected chi connectivity index (χ0v) is 14.1. The van der Waals surface area contributed by atoms with Gasteiger partial charge in [-0.3, -0.25) is 9.59 Å². The van der Waals surface area contributed by atoms with Crippen molar-refractivity contribution < 1.29 is 23.5 Å². The average Bonchev–Trinajstić information content (AvgIpc) is 2.66. The summed E-state index contributed by atoms with van der Waals surface area (Å²) in [6.07, 6.45) is 0.140. The van der Waals surface area contributed by atoms with Crippen LogP contribution < -0.4 is 5.32 Å². The first-order valence-corrected chi connectivity index (χ1v) is 7.78. The summed E-state index contributed by atoms with van der Waals surface area (Å²) >= 11 is 0. The minimum Gasteiger partial charge on any atom is -0.468 e. The minimum absolute atomic E-state index is 0.140. The third-order valence-electron chi connectivity index (χ3n) is 3.83. The predicted octanol–water partition coefficient (Wildman–Crippen LogP) is 3.33. The van der Waals surface area contributed by atoms with Crippen LogP contribution in [0.2, 0.25) is 0 Å². The summed E-state index contributed by atoms with van der Waals surface area (Å²) in [5.74, 6) is -2.72. The lowest BCUT2D eigenvalue weighted by atomic mass is 9.94. The molecule has 0 saturated heterocycles. The summed E-state index contributed by atoms with van der Waals surface area (Å²) in [6.45, 7) is 0. The van der Waals surface area contributed by atoms with Gasteiger partial charge in [-0.15, -0.1) is 0 Å². The van der Waals surface area contributed by atoms with E-state index < -0.39 is 17.9 Å². The molecule has 0 amide bonds. The van der Waals surface area contributed by atoms with Crippen LogP contribution in [-0.2, 0) is 19.1 Å². The molecule has 0 saturated carbocycles. The van der Waals surface area contributed by atoms with Crippen LogP contribution in [0.1, 0.15) is 18.0 Å². The van der Waals surface area contributed by atoms with Crippen LogP contribution in [0.15, 0.2) is 54.6 Å². The van der Waals surface area contributed by atoms with E-state index in [0.29, 0.717) is 5.69 Å². The fourth-order valence-electron chi connectivity index (χ4n) is 2.52. The minimum atomic E-state index is -1.06. The predicted molar refractivity (Wildman–Crippen MR) is 91.3 cm³/mol. The van der Waals surface area contributed by atoms with Crippen LogP contribution in [0.3, 0.4) is 0 Å². The van der Waals surface area contributed by atoms with Gasteiger partial charge in [-0.1, -0.05) is 30.3 Å². The summed E-state index contributed by atoms with van der Waals surface area (Å²) in [6, 6.07) is 14.9. The van der Waals surface area contributed by atoms with Gasteiger partial charge in [0.15, 0.2) is 5.92 Å². The summed E-state index contributed by atoms with van der Waals surface area (Å²) in [5.41, 5.74) is 1.55. The number of anilines is 1. The molecule has 2 aromatic rings. The van der Waals surface area contributed by atoms with Gasteiger partial charge in [0.25, 0.3) is 0 Å². The summed E-state index contributed by atoms with van der Waals surface area (Å²) in [5, 5.41) is 3.23. The molecule has 0 fully saturated rings. The number of ether oxygens (including phenoxy) is 2. The summed E-state index contributed by atoms with van der Waals surface area (Å²) in [7, 11) is 2.45.